The molecule has 2 aliphatic carbocycles. The number of nitrogens with zero attached hydrogens (tertiary/aromatic N) is 2. The van der Waals surface area contributed by atoms with Gasteiger partial charge in [-0.2, -0.15) is 26.3 Å². The smallest absolute Gasteiger partial charge is 0.356 e. The third-order valence-electron chi connectivity index (χ3n) is 11.2. The summed E-state index contributed by atoms with van der Waals surface area (Å²) < 4.78 is 97.3. The minimum Gasteiger partial charge on any atom is -0.356 e. The topological polar surface area (TPSA) is 35.0 Å². The lowest BCUT2D eigenvalue weighted by Crippen LogP contribution is -2.42. The molecule has 0 saturated heterocycles. The average molecular weight is 785 g/mol. The average Bonchev–Trinajstić information content (AvgIpc) is 3.22. The molecule has 0 fully saturated rings. The van der Waals surface area contributed by atoms with Crippen molar-refractivity contribution >= 4 is 0 Å². The minimum absolute atomic E-state index is 0.0774. The van der Waals surface area contributed by atoms with Gasteiger partial charge in [0.25, 0.3) is 0 Å². The summed E-state index contributed by atoms with van der Waals surface area (Å²) in [6.07, 6.45) is 7.29. The number of rotatable bonds is 16. The first-order valence-electron chi connectivity index (χ1n) is 20.0. The summed E-state index contributed by atoms with van der Waals surface area (Å²) >= 11 is 0. The third kappa shape index (κ3) is 9.35. The maximum atomic E-state index is 15.1. The first kappa shape index (κ1) is 41.9. The van der Waals surface area contributed by atoms with Gasteiger partial charge in [0.2, 0.25) is 0 Å². The number of ether oxygens (including phenoxy) is 1. The Bertz CT molecular complexity index is 1870. The molecule has 9 heteroatoms. The van der Waals surface area contributed by atoms with Crippen LogP contribution in [0.5, 0.6) is 0 Å². The highest BCUT2D eigenvalue weighted by Crippen LogP contribution is 2.51. The number of halogens is 6. The molecule has 3 nitrogen and oxygen atoms in total. The number of pyridine rings is 2. The Kier molecular flexibility index (Phi) is 13.4. The summed E-state index contributed by atoms with van der Waals surface area (Å²) in [5.74, 6) is 0. The van der Waals surface area contributed by atoms with Crippen LogP contribution in [-0.4, -0.2) is 22.3 Å². The molecule has 4 atom stereocenters. The second-order valence-electron chi connectivity index (χ2n) is 15.2. The van der Waals surface area contributed by atoms with Crippen LogP contribution in [-0.2, 0) is 28.4 Å². The number of unbranched alkanes of at least 4 members (excludes halogenated alkanes) is 4. The Morgan fingerprint density at radius 3 is 1.26 bits per heavy atom. The fraction of sp³-hybridized carbons (Fsp3) is 0.375. The van der Waals surface area contributed by atoms with E-state index in [1.54, 1.807) is 36.7 Å². The summed E-state index contributed by atoms with van der Waals surface area (Å²) in [5.41, 5.74) is -0.638. The Hall–Kier alpha value is -4.76. The molecule has 0 amide bonds. The van der Waals surface area contributed by atoms with Crippen LogP contribution in [0.1, 0.15) is 111 Å². The number of aryl methyl sites for hydroxylation is 2. The quantitative estimate of drug-likeness (QED) is 0.0838. The van der Waals surface area contributed by atoms with Crippen molar-refractivity contribution < 1.29 is 31.1 Å². The van der Waals surface area contributed by atoms with E-state index in [9.17, 15) is 0 Å². The van der Waals surface area contributed by atoms with Crippen LogP contribution in [0.4, 0.5) is 26.3 Å². The molecule has 0 bridgehead atoms. The number of allylic oxidation sites excluding steroid dienone is 4. The lowest BCUT2D eigenvalue weighted by atomic mass is 9.74. The van der Waals surface area contributed by atoms with E-state index in [1.165, 1.54) is 36.4 Å². The molecule has 4 aromatic rings. The second kappa shape index (κ2) is 18.2. The zero-order valence-corrected chi connectivity index (χ0v) is 32.5. The van der Waals surface area contributed by atoms with Crippen LogP contribution in [0.3, 0.4) is 0 Å². The Labute approximate surface area is 332 Å². The van der Waals surface area contributed by atoms with E-state index >= 15 is 26.3 Å². The first-order valence-corrected chi connectivity index (χ1v) is 20.0. The molecule has 4 unspecified atom stereocenters. The van der Waals surface area contributed by atoms with Gasteiger partial charge >= 0.3 is 12.4 Å². The van der Waals surface area contributed by atoms with Gasteiger partial charge in [0.1, 0.15) is 23.0 Å². The van der Waals surface area contributed by atoms with Crippen molar-refractivity contribution in [1.29, 1.82) is 0 Å². The molecule has 2 aliphatic rings. The van der Waals surface area contributed by atoms with Crippen LogP contribution in [0.2, 0.25) is 0 Å². The molecule has 0 aliphatic heterocycles. The van der Waals surface area contributed by atoms with E-state index in [0.717, 1.165) is 62.5 Å². The zero-order valence-electron chi connectivity index (χ0n) is 32.5. The highest BCUT2D eigenvalue weighted by molar-refractivity contribution is 5.45. The van der Waals surface area contributed by atoms with Gasteiger partial charge in [0, 0.05) is 12.4 Å². The molecule has 300 valence electrons. The molecule has 0 spiro atoms. The lowest BCUT2D eigenvalue weighted by molar-refractivity contribution is -0.177. The third-order valence-corrected chi connectivity index (χ3v) is 11.2. The minimum atomic E-state index is -4.63. The number of hydrogen-bond acceptors (Lipinski definition) is 3. The first-order chi connectivity index (χ1) is 27.4. The van der Waals surface area contributed by atoms with E-state index in [4.69, 9.17) is 4.74 Å². The van der Waals surface area contributed by atoms with Crippen molar-refractivity contribution in [2.45, 2.75) is 113 Å². The zero-order chi connectivity index (χ0) is 40.5. The van der Waals surface area contributed by atoms with E-state index in [-0.39, 0.29) is 11.4 Å². The molecule has 0 N–H and O–H groups in total. The monoisotopic (exact) mass is 784 g/mol. The van der Waals surface area contributed by atoms with Crippen molar-refractivity contribution in [2.24, 2.45) is 0 Å². The van der Waals surface area contributed by atoms with E-state index in [0.29, 0.717) is 22.3 Å². The van der Waals surface area contributed by atoms with Gasteiger partial charge in [0.05, 0.1) is 11.4 Å². The molecule has 2 aromatic carbocycles. The van der Waals surface area contributed by atoms with Gasteiger partial charge in [-0.15, -0.1) is 0 Å². The van der Waals surface area contributed by atoms with Gasteiger partial charge in [-0.1, -0.05) is 149 Å². The van der Waals surface area contributed by atoms with Gasteiger partial charge < -0.3 is 4.74 Å². The van der Waals surface area contributed by atoms with E-state index in [1.807, 2.05) is 60.7 Å². The number of aromatic nitrogens is 2. The number of hydrogen-bond donors (Lipinski definition) is 0. The Morgan fingerprint density at radius 1 is 0.561 bits per heavy atom. The SMILES string of the molecule is CCCCCc1ccc(C2(C(F)(F)F)C=CC(C(OC(C3=CCC(c4ccc(CCCCC)cn4)(C(F)(F)F)C=C3)c3ccccc3)c3ccccc3)=CC2)nc1. The fourth-order valence-electron chi connectivity index (χ4n) is 7.71. The Morgan fingerprint density at radius 2 is 0.965 bits per heavy atom. The summed E-state index contributed by atoms with van der Waals surface area (Å²) in [6, 6.07) is 24.7. The van der Waals surface area contributed by atoms with Gasteiger partial charge in [-0.25, -0.2) is 0 Å². The lowest BCUT2D eigenvalue weighted by Gasteiger charge is -2.37. The van der Waals surface area contributed by atoms with Crippen LogP contribution in [0.15, 0.2) is 145 Å². The largest absolute Gasteiger partial charge is 0.403 e. The normalized spacial score (nSPS) is 20.8. The summed E-state index contributed by atoms with van der Waals surface area (Å²) in [4.78, 5) is 8.67. The number of alkyl halides is 6. The second-order valence-corrected chi connectivity index (χ2v) is 15.2. The molecule has 2 heterocycles. The van der Waals surface area contributed by atoms with Crippen LogP contribution in [0.25, 0.3) is 0 Å². The molecule has 57 heavy (non-hydrogen) atoms. The van der Waals surface area contributed by atoms with Gasteiger partial charge in [0.15, 0.2) is 0 Å². The van der Waals surface area contributed by atoms with Crippen molar-refractivity contribution in [1.82, 2.24) is 9.97 Å². The molecule has 2 aromatic heterocycles. The molecule has 0 radical (unpaired) electrons. The molecular formula is C48H50F6N2O. The van der Waals surface area contributed by atoms with E-state index < -0.39 is 48.2 Å². The molecular weight excluding hydrogens is 735 g/mol. The van der Waals surface area contributed by atoms with Crippen molar-refractivity contribution in [3.63, 3.8) is 0 Å². The van der Waals surface area contributed by atoms with Crippen molar-refractivity contribution in [3.8, 4) is 0 Å². The van der Waals surface area contributed by atoms with E-state index in [2.05, 4.69) is 23.8 Å². The predicted molar refractivity (Wildman–Crippen MR) is 214 cm³/mol. The van der Waals surface area contributed by atoms with Crippen LogP contribution in [0, 0.1) is 0 Å². The summed E-state index contributed by atoms with van der Waals surface area (Å²) in [7, 11) is 0. The van der Waals surface area contributed by atoms with Crippen LogP contribution < -0.4 is 0 Å². The van der Waals surface area contributed by atoms with Crippen LogP contribution >= 0.6 is 0 Å². The fourth-order valence-corrected chi connectivity index (χ4v) is 7.71. The van der Waals surface area contributed by atoms with Gasteiger partial charge in [-0.3, -0.25) is 9.97 Å². The van der Waals surface area contributed by atoms with Gasteiger partial charge in [-0.05, 0) is 84.1 Å². The number of benzene rings is 2. The van der Waals surface area contributed by atoms with Crippen molar-refractivity contribution in [3.05, 3.63) is 179 Å². The standard InChI is InChI=1S/C48H50F6N2O/c1-3-5-9-15-35-21-23-41(55-33-35)45(47(49,50)51)29-25-39(26-30-45)43(37-17-11-7-12-18-37)57-44(38-19-13-8-14-20-38)40-27-31-46(32-28-40,48(52,53)54)42-24-22-36(34-56-42)16-10-6-4-2/h7-8,11-14,17-29,31,33-34,43-44H,3-6,9-10,15-16,30,32H2,1-2H3. The predicted octanol–water partition coefficient (Wildman–Crippen LogP) is 13.5. The van der Waals surface area contributed by atoms with Crippen molar-refractivity contribution in [2.75, 3.05) is 0 Å². The highest BCUT2D eigenvalue weighted by atomic mass is 19.4. The molecule has 0 saturated carbocycles. The Balaban J connectivity index is 1.32. The summed E-state index contributed by atoms with van der Waals surface area (Å²) in [6.45, 7) is 4.19. The highest BCUT2D eigenvalue weighted by Gasteiger charge is 2.56. The maximum Gasteiger partial charge on any atom is 0.403 e. The maximum absolute atomic E-state index is 15.1. The summed E-state index contributed by atoms with van der Waals surface area (Å²) in [5, 5.41) is 0. The molecule has 6 rings (SSSR count).